The predicted octanol–water partition coefficient (Wildman–Crippen LogP) is 3.79. The smallest absolute Gasteiger partial charge is 0.233 e. The van der Waals surface area contributed by atoms with Crippen LogP contribution in [0.25, 0.3) is 5.57 Å². The van der Waals surface area contributed by atoms with E-state index in [2.05, 4.69) is 22.9 Å². The normalized spacial score (nSPS) is 23.6. The summed E-state index contributed by atoms with van der Waals surface area (Å²) in [7, 11) is 1.86. The van der Waals surface area contributed by atoms with Gasteiger partial charge in [0.2, 0.25) is 11.8 Å². The number of likely N-dealkylation sites (tertiary alicyclic amines) is 1. The number of nitrogens with two attached hydrogens (primary N) is 1. The summed E-state index contributed by atoms with van der Waals surface area (Å²) in [5.74, 6) is -0.476. The molecule has 5 N–H and O–H groups in total. The largest absolute Gasteiger partial charge is 0.402 e. The molecule has 1 aromatic carbocycles. The van der Waals surface area contributed by atoms with Crippen molar-refractivity contribution in [3.8, 4) is 0 Å². The first kappa shape index (κ1) is 27.9. The van der Waals surface area contributed by atoms with Gasteiger partial charge in [0.25, 0.3) is 0 Å². The van der Waals surface area contributed by atoms with E-state index in [1.807, 2.05) is 19.3 Å². The lowest BCUT2D eigenvalue weighted by Crippen LogP contribution is -2.34. The summed E-state index contributed by atoms with van der Waals surface area (Å²) >= 11 is 0. The van der Waals surface area contributed by atoms with Gasteiger partial charge in [-0.2, -0.15) is 0 Å². The molecule has 0 bridgehead atoms. The Hall–Kier alpha value is -3.13. The zero-order chi connectivity index (χ0) is 27.4. The van der Waals surface area contributed by atoms with Crippen LogP contribution in [0.3, 0.4) is 0 Å². The first-order valence-corrected chi connectivity index (χ1v) is 13.8. The number of hydrogen-bond donors (Lipinski definition) is 4. The molecule has 3 fully saturated rings. The van der Waals surface area contributed by atoms with Crippen LogP contribution in [0.5, 0.6) is 0 Å². The Morgan fingerprint density at radius 3 is 2.63 bits per heavy atom. The Bertz CT molecular complexity index is 1150. The van der Waals surface area contributed by atoms with E-state index >= 15 is 0 Å². The second-order valence-electron chi connectivity index (χ2n) is 11.4. The van der Waals surface area contributed by atoms with Gasteiger partial charge in [0, 0.05) is 43.3 Å². The van der Waals surface area contributed by atoms with Crippen LogP contribution in [0.15, 0.2) is 47.9 Å². The molecule has 8 heteroatoms. The Kier molecular flexibility index (Phi) is 8.61. The molecule has 1 unspecified atom stereocenters. The van der Waals surface area contributed by atoms with Crippen molar-refractivity contribution in [2.75, 3.05) is 20.1 Å². The van der Waals surface area contributed by atoms with Gasteiger partial charge in [0.15, 0.2) is 0 Å². The molecule has 206 valence electrons. The molecule has 2 atom stereocenters. The molecule has 0 aromatic heterocycles. The summed E-state index contributed by atoms with van der Waals surface area (Å²) < 4.78 is 14.5. The fourth-order valence-corrected chi connectivity index (χ4v) is 5.17. The van der Waals surface area contributed by atoms with Gasteiger partial charge in [0.1, 0.15) is 5.82 Å². The maximum atomic E-state index is 14.5. The highest BCUT2D eigenvalue weighted by Gasteiger charge is 2.52. The van der Waals surface area contributed by atoms with Crippen LogP contribution in [0, 0.1) is 23.1 Å². The second-order valence-corrected chi connectivity index (χ2v) is 11.4. The van der Waals surface area contributed by atoms with E-state index in [9.17, 15) is 14.0 Å². The van der Waals surface area contributed by atoms with Crippen LogP contribution in [0.1, 0.15) is 64.0 Å². The number of amides is 2. The van der Waals surface area contributed by atoms with Crippen LogP contribution in [-0.4, -0.2) is 42.9 Å². The van der Waals surface area contributed by atoms with Crippen molar-refractivity contribution >= 4 is 17.4 Å². The van der Waals surface area contributed by atoms with Crippen molar-refractivity contribution in [3.63, 3.8) is 0 Å². The first-order chi connectivity index (χ1) is 18.1. The number of carbonyl (C=O) groups is 2. The number of hydrogen-bond acceptors (Lipinski definition) is 5. The molecule has 1 aliphatic heterocycles. The highest BCUT2D eigenvalue weighted by atomic mass is 19.1. The molecule has 1 saturated heterocycles. The Morgan fingerprint density at radius 1 is 1.26 bits per heavy atom. The highest BCUT2D eigenvalue weighted by molar-refractivity contribution is 5.87. The average Bonchev–Trinajstić information content (AvgIpc) is 3.78. The minimum absolute atomic E-state index is 0.116. The monoisotopic (exact) mass is 523 g/mol. The lowest BCUT2D eigenvalue weighted by molar-refractivity contribution is -0.134. The number of halogens is 1. The van der Waals surface area contributed by atoms with Gasteiger partial charge in [0.05, 0.1) is 11.3 Å². The zero-order valence-electron chi connectivity index (χ0n) is 23.1. The molecule has 7 nitrogen and oxygen atoms in total. The van der Waals surface area contributed by atoms with Gasteiger partial charge in [-0.1, -0.05) is 13.8 Å². The summed E-state index contributed by atoms with van der Waals surface area (Å²) in [5.41, 5.74) is 9.32. The molecule has 4 rings (SSSR count). The minimum atomic E-state index is -0.503. The van der Waals surface area contributed by atoms with Crippen molar-refractivity contribution in [3.05, 3.63) is 64.9 Å². The maximum absolute atomic E-state index is 14.5. The molecule has 38 heavy (non-hydrogen) atoms. The lowest BCUT2D eigenvalue weighted by atomic mass is 9.83. The summed E-state index contributed by atoms with van der Waals surface area (Å²) in [4.78, 5) is 28.1. The molecule has 3 aliphatic rings. The number of allylic oxidation sites excluding steroid dienone is 2. The molecule has 2 aliphatic carbocycles. The maximum Gasteiger partial charge on any atom is 0.233 e. The third-order valence-corrected chi connectivity index (χ3v) is 7.82. The summed E-state index contributed by atoms with van der Waals surface area (Å²) in [6.07, 6.45) is 10.9. The molecular weight excluding hydrogens is 481 g/mol. The van der Waals surface area contributed by atoms with Crippen molar-refractivity contribution in [2.24, 2.45) is 23.0 Å². The summed E-state index contributed by atoms with van der Waals surface area (Å²) in [6, 6.07) is 5.38. The Morgan fingerprint density at radius 2 is 2.00 bits per heavy atom. The quantitative estimate of drug-likeness (QED) is 0.313. The summed E-state index contributed by atoms with van der Waals surface area (Å²) in [5, 5.41) is 9.45. The predicted molar refractivity (Wildman–Crippen MR) is 149 cm³/mol. The van der Waals surface area contributed by atoms with Crippen LogP contribution in [-0.2, 0) is 16.1 Å². The standard InChI is InChI=1S/C30H42FN5O2/c1-19(11-27(12-20(2)32)36-10-9-30(3,29(36)38)24-5-6-24)28(37)35-16-21-13-22(15-25(31)14-21)23(17-33-4)18-34-26-7-8-26/h11-15,18-19,24,26,33-34H,5-10,16-17,32H2,1-4H3,(H,35,37)/b20-12-,23-18+,27-11+/t19?,30-/m0/s1. The van der Waals surface area contributed by atoms with Gasteiger partial charge in [-0.15, -0.1) is 0 Å². The van der Waals surface area contributed by atoms with Gasteiger partial charge in [-0.25, -0.2) is 4.39 Å². The molecule has 0 spiro atoms. The van der Waals surface area contributed by atoms with Crippen LogP contribution >= 0.6 is 0 Å². The van der Waals surface area contributed by atoms with Crippen molar-refractivity contribution in [1.82, 2.24) is 20.9 Å². The van der Waals surface area contributed by atoms with E-state index in [1.165, 1.54) is 12.1 Å². The van der Waals surface area contributed by atoms with Crippen molar-refractivity contribution in [2.45, 2.75) is 65.5 Å². The number of benzene rings is 1. The number of nitrogens with one attached hydrogen (secondary N) is 3. The van der Waals surface area contributed by atoms with E-state index in [4.69, 9.17) is 5.73 Å². The Balaban J connectivity index is 1.44. The van der Waals surface area contributed by atoms with Gasteiger partial charge in [-0.05, 0) is 99.0 Å². The highest BCUT2D eigenvalue weighted by Crippen LogP contribution is 2.52. The fraction of sp³-hybridized carbons (Fsp3) is 0.533. The van der Waals surface area contributed by atoms with Gasteiger partial charge < -0.3 is 26.6 Å². The van der Waals surface area contributed by atoms with Crippen LogP contribution < -0.4 is 21.7 Å². The first-order valence-electron chi connectivity index (χ1n) is 13.8. The van der Waals surface area contributed by atoms with Gasteiger partial charge in [-0.3, -0.25) is 9.59 Å². The van der Waals surface area contributed by atoms with Crippen molar-refractivity contribution in [1.29, 1.82) is 0 Å². The van der Waals surface area contributed by atoms with E-state index in [0.717, 1.165) is 43.2 Å². The van der Waals surface area contributed by atoms with E-state index < -0.39 is 5.92 Å². The Labute approximate surface area is 225 Å². The second kappa shape index (κ2) is 11.7. The lowest BCUT2D eigenvalue weighted by Gasteiger charge is -2.24. The summed E-state index contributed by atoms with van der Waals surface area (Å²) in [6.45, 7) is 7.06. The molecule has 2 amide bonds. The third-order valence-electron chi connectivity index (χ3n) is 7.82. The molecule has 1 heterocycles. The molecular formula is C30H42FN5O2. The number of rotatable bonds is 12. The fourth-order valence-electron chi connectivity index (χ4n) is 5.17. The van der Waals surface area contributed by atoms with Crippen LogP contribution in [0.4, 0.5) is 4.39 Å². The number of nitrogens with zero attached hydrogens (tertiary/aromatic N) is 1. The molecule has 0 radical (unpaired) electrons. The number of likely N-dealkylation sites (N-methyl/N-ethyl adjacent to an activating group) is 1. The average molecular weight is 524 g/mol. The van der Waals surface area contributed by atoms with Crippen molar-refractivity contribution < 1.29 is 14.0 Å². The SMILES string of the molecule is CNC/C(=C\NC1CC1)c1cc(F)cc(CNC(=O)C(C)/C=C(\C=C(\C)N)N2CC[C@@](C)(C3CC3)C2=O)c1. The molecule has 2 saturated carbocycles. The molecule has 1 aromatic rings. The van der Waals surface area contributed by atoms with E-state index in [0.29, 0.717) is 42.0 Å². The third kappa shape index (κ3) is 6.84. The van der Waals surface area contributed by atoms with Gasteiger partial charge >= 0.3 is 0 Å². The minimum Gasteiger partial charge on any atom is -0.402 e. The topological polar surface area (TPSA) is 99.5 Å². The number of carbonyl (C=O) groups excluding carboxylic acids is 2. The zero-order valence-corrected chi connectivity index (χ0v) is 23.1. The van der Waals surface area contributed by atoms with E-state index in [1.54, 1.807) is 30.9 Å². The van der Waals surface area contributed by atoms with Crippen LogP contribution in [0.2, 0.25) is 0 Å². The van der Waals surface area contributed by atoms with E-state index in [-0.39, 0.29) is 29.6 Å².